The van der Waals surface area contributed by atoms with Crippen molar-refractivity contribution < 1.29 is 9.47 Å². The lowest BCUT2D eigenvalue weighted by Crippen LogP contribution is -2.35. The Morgan fingerprint density at radius 3 is 2.75 bits per heavy atom. The largest absolute Gasteiger partial charge is 0.381 e. The van der Waals surface area contributed by atoms with Crippen molar-refractivity contribution in [2.45, 2.75) is 63.4 Å². The molecular formula is C15H24BrNO2S. The average Bonchev–Trinajstić information content (AvgIpc) is 2.90. The highest BCUT2D eigenvalue weighted by Gasteiger charge is 2.28. The molecule has 0 aliphatic heterocycles. The van der Waals surface area contributed by atoms with Crippen molar-refractivity contribution in [3.63, 3.8) is 0 Å². The predicted octanol–water partition coefficient (Wildman–Crippen LogP) is 4.26. The zero-order valence-electron chi connectivity index (χ0n) is 12.2. The monoisotopic (exact) mass is 361 g/mol. The molecule has 0 radical (unpaired) electrons. The highest BCUT2D eigenvalue weighted by Crippen LogP contribution is 2.35. The molecule has 0 spiro atoms. The Kier molecular flexibility index (Phi) is 6.49. The summed E-state index contributed by atoms with van der Waals surface area (Å²) in [5.41, 5.74) is 6.28. The van der Waals surface area contributed by atoms with E-state index in [1.165, 1.54) is 11.3 Å². The summed E-state index contributed by atoms with van der Waals surface area (Å²) in [5.74, 6) is 0. The van der Waals surface area contributed by atoms with Crippen molar-refractivity contribution in [1.82, 2.24) is 0 Å². The molecular weight excluding hydrogens is 338 g/mol. The molecule has 0 amide bonds. The first-order chi connectivity index (χ1) is 9.63. The first kappa shape index (κ1) is 16.4. The van der Waals surface area contributed by atoms with Crippen LogP contribution in [0.3, 0.4) is 0 Å². The van der Waals surface area contributed by atoms with Crippen molar-refractivity contribution in [3.8, 4) is 0 Å². The summed E-state index contributed by atoms with van der Waals surface area (Å²) < 4.78 is 13.0. The Morgan fingerprint density at radius 2 is 2.15 bits per heavy atom. The molecule has 1 fully saturated rings. The molecule has 20 heavy (non-hydrogen) atoms. The Morgan fingerprint density at radius 1 is 1.40 bits per heavy atom. The van der Waals surface area contributed by atoms with Gasteiger partial charge in [0.2, 0.25) is 0 Å². The second kappa shape index (κ2) is 7.90. The molecule has 114 valence electrons. The van der Waals surface area contributed by atoms with Gasteiger partial charge in [-0.1, -0.05) is 6.92 Å². The highest BCUT2D eigenvalue weighted by atomic mass is 79.9. The van der Waals surface area contributed by atoms with Crippen molar-refractivity contribution >= 4 is 27.3 Å². The summed E-state index contributed by atoms with van der Waals surface area (Å²) in [6.45, 7) is 2.11. The Hall–Kier alpha value is 0.0600. The number of thiophene rings is 1. The van der Waals surface area contributed by atoms with Crippen LogP contribution in [-0.2, 0) is 9.47 Å². The minimum Gasteiger partial charge on any atom is -0.381 e. The minimum atomic E-state index is -0.00286. The van der Waals surface area contributed by atoms with Gasteiger partial charge >= 0.3 is 0 Å². The van der Waals surface area contributed by atoms with Crippen LogP contribution in [0.25, 0.3) is 0 Å². The third-order valence-corrected chi connectivity index (χ3v) is 5.67. The fraction of sp³-hybridized carbons (Fsp3) is 0.733. The van der Waals surface area contributed by atoms with E-state index in [9.17, 15) is 0 Å². The van der Waals surface area contributed by atoms with Crippen LogP contribution in [0.15, 0.2) is 15.9 Å². The van der Waals surface area contributed by atoms with Gasteiger partial charge in [0.1, 0.15) is 6.10 Å². The average molecular weight is 362 g/mol. The van der Waals surface area contributed by atoms with Gasteiger partial charge in [-0.25, -0.2) is 0 Å². The summed E-state index contributed by atoms with van der Waals surface area (Å²) in [6, 6.07) is 4.23. The number of ether oxygens (including phenoxy) is 2. The highest BCUT2D eigenvalue weighted by molar-refractivity contribution is 9.11. The van der Waals surface area contributed by atoms with Crippen LogP contribution in [-0.4, -0.2) is 25.4 Å². The number of methoxy groups -OCH3 is 1. The molecule has 1 aliphatic rings. The van der Waals surface area contributed by atoms with Gasteiger partial charge in [-0.2, -0.15) is 0 Å². The molecule has 2 N–H and O–H groups in total. The van der Waals surface area contributed by atoms with Gasteiger partial charge in [0.15, 0.2) is 0 Å². The second-order valence-electron chi connectivity index (χ2n) is 5.42. The normalized spacial score (nSPS) is 26.4. The summed E-state index contributed by atoms with van der Waals surface area (Å²) in [5, 5.41) is 0. The molecule has 3 nitrogen and oxygen atoms in total. The molecule has 0 aromatic carbocycles. The summed E-state index contributed by atoms with van der Waals surface area (Å²) in [7, 11) is 1.79. The van der Waals surface area contributed by atoms with E-state index in [0.717, 1.165) is 29.5 Å². The molecule has 4 unspecified atom stereocenters. The van der Waals surface area contributed by atoms with Crippen molar-refractivity contribution in [2.24, 2.45) is 5.73 Å². The molecule has 2 rings (SSSR count). The fourth-order valence-electron chi connectivity index (χ4n) is 2.72. The maximum Gasteiger partial charge on any atom is 0.107 e. The SMILES string of the molecule is CCC(N)C(OC1CCCC(OC)C1)c1ccc(Br)s1. The van der Waals surface area contributed by atoms with E-state index < -0.39 is 0 Å². The smallest absolute Gasteiger partial charge is 0.107 e. The molecule has 0 bridgehead atoms. The number of nitrogens with two attached hydrogens (primary N) is 1. The first-order valence-electron chi connectivity index (χ1n) is 7.33. The predicted molar refractivity (Wildman–Crippen MR) is 87.2 cm³/mol. The molecule has 1 saturated carbocycles. The summed E-state index contributed by atoms with van der Waals surface area (Å²) in [4.78, 5) is 1.21. The number of hydrogen-bond donors (Lipinski definition) is 1. The third-order valence-electron chi connectivity index (χ3n) is 3.99. The standard InChI is InChI=1S/C15H24BrNO2S/c1-3-12(17)15(13-7-8-14(16)20-13)19-11-6-4-5-10(9-11)18-2/h7-8,10-12,15H,3-6,9,17H2,1-2H3. The van der Waals surface area contributed by atoms with Gasteiger partial charge in [0.05, 0.1) is 16.0 Å². The van der Waals surface area contributed by atoms with Crippen LogP contribution in [0.4, 0.5) is 0 Å². The van der Waals surface area contributed by atoms with Gasteiger partial charge in [0.25, 0.3) is 0 Å². The molecule has 1 aromatic rings. The van der Waals surface area contributed by atoms with Crippen LogP contribution in [0.1, 0.15) is 50.0 Å². The third kappa shape index (κ3) is 4.28. The molecule has 1 heterocycles. The van der Waals surface area contributed by atoms with E-state index in [-0.39, 0.29) is 18.2 Å². The second-order valence-corrected chi connectivity index (χ2v) is 7.91. The van der Waals surface area contributed by atoms with E-state index in [2.05, 4.69) is 35.0 Å². The van der Waals surface area contributed by atoms with Crippen molar-refractivity contribution in [2.75, 3.05) is 7.11 Å². The summed E-state index contributed by atoms with van der Waals surface area (Å²) in [6.07, 6.45) is 5.92. The molecule has 1 aromatic heterocycles. The van der Waals surface area contributed by atoms with Crippen molar-refractivity contribution in [1.29, 1.82) is 0 Å². The maximum atomic E-state index is 6.36. The van der Waals surface area contributed by atoms with Crippen molar-refractivity contribution in [3.05, 3.63) is 20.8 Å². The molecule has 0 saturated heterocycles. The van der Waals surface area contributed by atoms with E-state index in [0.29, 0.717) is 6.10 Å². The topological polar surface area (TPSA) is 44.5 Å². The molecule has 1 aliphatic carbocycles. The Bertz CT molecular complexity index is 412. The van der Waals surface area contributed by atoms with Gasteiger partial charge in [-0.3, -0.25) is 0 Å². The van der Waals surface area contributed by atoms with Gasteiger partial charge in [-0.05, 0) is 60.2 Å². The van der Waals surface area contributed by atoms with E-state index in [4.69, 9.17) is 15.2 Å². The van der Waals surface area contributed by atoms with Crippen LogP contribution in [0, 0.1) is 0 Å². The van der Waals surface area contributed by atoms with Gasteiger partial charge in [-0.15, -0.1) is 11.3 Å². The number of halogens is 1. The Labute approximate surface area is 134 Å². The lowest BCUT2D eigenvalue weighted by Gasteiger charge is -2.33. The zero-order valence-corrected chi connectivity index (χ0v) is 14.6. The van der Waals surface area contributed by atoms with E-state index in [1.807, 2.05) is 0 Å². The quantitative estimate of drug-likeness (QED) is 0.822. The van der Waals surface area contributed by atoms with Crippen LogP contribution in [0.5, 0.6) is 0 Å². The Balaban J connectivity index is 2.04. The maximum absolute atomic E-state index is 6.36. The zero-order chi connectivity index (χ0) is 14.5. The first-order valence-corrected chi connectivity index (χ1v) is 8.94. The van der Waals surface area contributed by atoms with Crippen LogP contribution < -0.4 is 5.73 Å². The lowest BCUT2D eigenvalue weighted by atomic mass is 9.94. The number of rotatable bonds is 6. The fourth-order valence-corrected chi connectivity index (χ4v) is 4.26. The van der Waals surface area contributed by atoms with Crippen LogP contribution >= 0.6 is 27.3 Å². The molecule has 5 heteroatoms. The molecule has 4 atom stereocenters. The summed E-state index contributed by atoms with van der Waals surface area (Å²) >= 11 is 5.23. The lowest BCUT2D eigenvalue weighted by molar-refractivity contribution is -0.0733. The van der Waals surface area contributed by atoms with E-state index in [1.54, 1.807) is 18.4 Å². The van der Waals surface area contributed by atoms with Gasteiger partial charge in [0, 0.05) is 18.0 Å². The number of hydrogen-bond acceptors (Lipinski definition) is 4. The van der Waals surface area contributed by atoms with Crippen LogP contribution in [0.2, 0.25) is 0 Å². The van der Waals surface area contributed by atoms with Gasteiger partial charge < -0.3 is 15.2 Å². The minimum absolute atomic E-state index is 0.00286. The van der Waals surface area contributed by atoms with E-state index >= 15 is 0 Å².